The molecule has 0 radical (unpaired) electrons. The summed E-state index contributed by atoms with van der Waals surface area (Å²) in [5, 5.41) is 19.3. The number of rotatable bonds is 4. The van der Waals surface area contributed by atoms with Gasteiger partial charge in [0, 0.05) is 5.69 Å². The molecule has 0 aliphatic carbocycles. The number of hydrogen-bond acceptors (Lipinski definition) is 5. The van der Waals surface area contributed by atoms with Crippen molar-refractivity contribution >= 4 is 11.7 Å². The van der Waals surface area contributed by atoms with Gasteiger partial charge < -0.3 is 20.7 Å². The van der Waals surface area contributed by atoms with Crippen molar-refractivity contribution in [1.29, 1.82) is 0 Å². The lowest BCUT2D eigenvalue weighted by Crippen LogP contribution is -2.22. The van der Waals surface area contributed by atoms with Gasteiger partial charge in [-0.3, -0.25) is 4.79 Å². The number of ether oxygens (including phenoxy) is 1. The van der Waals surface area contributed by atoms with Crippen molar-refractivity contribution in [1.82, 2.24) is 0 Å². The number of methoxy groups -OCH3 is 1. The second kappa shape index (κ2) is 5.48. The summed E-state index contributed by atoms with van der Waals surface area (Å²) in [5.41, 5.74) is 6.50. The van der Waals surface area contributed by atoms with Crippen LogP contribution in [-0.4, -0.2) is 29.4 Å². The molecule has 0 bridgehead atoms. The Morgan fingerprint density at radius 1 is 1.50 bits per heavy atom. The summed E-state index contributed by atoms with van der Waals surface area (Å²) < 4.78 is 4.40. The number of aliphatic hydroxyl groups is 2. The molecule has 0 aliphatic rings. The Balaban J connectivity index is 2.70. The first-order valence-electron chi connectivity index (χ1n) is 4.83. The summed E-state index contributed by atoms with van der Waals surface area (Å²) in [5.74, 6) is -0.574. The van der Waals surface area contributed by atoms with Gasteiger partial charge in [-0.05, 0) is 17.7 Å². The van der Waals surface area contributed by atoms with E-state index in [9.17, 15) is 15.0 Å². The van der Waals surface area contributed by atoms with Crippen molar-refractivity contribution in [2.24, 2.45) is 0 Å². The highest BCUT2D eigenvalue weighted by Gasteiger charge is 2.21. The fourth-order valence-corrected chi connectivity index (χ4v) is 1.33. The van der Waals surface area contributed by atoms with E-state index < -0.39 is 18.2 Å². The van der Waals surface area contributed by atoms with E-state index in [0.717, 1.165) is 0 Å². The average Bonchev–Trinajstić information content (AvgIpc) is 2.27. The second-order valence-corrected chi connectivity index (χ2v) is 3.46. The lowest BCUT2D eigenvalue weighted by Gasteiger charge is -2.17. The van der Waals surface area contributed by atoms with Crippen molar-refractivity contribution in [3.63, 3.8) is 0 Å². The molecule has 16 heavy (non-hydrogen) atoms. The van der Waals surface area contributed by atoms with Crippen LogP contribution in [0.3, 0.4) is 0 Å². The molecule has 0 amide bonds. The molecule has 2 atom stereocenters. The van der Waals surface area contributed by atoms with Gasteiger partial charge in [-0.2, -0.15) is 0 Å². The topological polar surface area (TPSA) is 92.8 Å². The molecule has 1 rings (SSSR count). The third-order valence-electron chi connectivity index (χ3n) is 2.22. The minimum absolute atomic E-state index is 0.257. The zero-order valence-corrected chi connectivity index (χ0v) is 8.96. The fourth-order valence-electron chi connectivity index (χ4n) is 1.33. The maximum Gasteiger partial charge on any atom is 0.308 e. The largest absolute Gasteiger partial charge is 0.469 e. The molecule has 0 heterocycles. The summed E-state index contributed by atoms with van der Waals surface area (Å²) in [7, 11) is 1.22. The maximum absolute atomic E-state index is 10.9. The monoisotopic (exact) mass is 225 g/mol. The molecular weight excluding hydrogens is 210 g/mol. The number of carbonyl (C=O) groups is 1. The predicted molar refractivity (Wildman–Crippen MR) is 58.5 cm³/mol. The van der Waals surface area contributed by atoms with Crippen molar-refractivity contribution < 1.29 is 19.7 Å². The summed E-state index contributed by atoms with van der Waals surface area (Å²) >= 11 is 0. The minimum Gasteiger partial charge on any atom is -0.469 e. The SMILES string of the molecule is COC(=O)CC(O)C(O)c1cccc(N)c1. The lowest BCUT2D eigenvalue weighted by molar-refractivity contribution is -0.144. The van der Waals surface area contributed by atoms with Crippen LogP contribution in [0.1, 0.15) is 18.1 Å². The van der Waals surface area contributed by atoms with Crippen LogP contribution >= 0.6 is 0 Å². The molecule has 4 N–H and O–H groups in total. The number of nitrogens with two attached hydrogens (primary N) is 1. The van der Waals surface area contributed by atoms with Gasteiger partial charge >= 0.3 is 5.97 Å². The molecule has 0 aromatic heterocycles. The first-order chi connectivity index (χ1) is 7.54. The standard InChI is InChI=1S/C11H15NO4/c1-16-10(14)6-9(13)11(15)7-3-2-4-8(12)5-7/h2-5,9,11,13,15H,6,12H2,1H3. The predicted octanol–water partition coefficient (Wildman–Crippen LogP) is 0.226. The Morgan fingerprint density at radius 2 is 2.19 bits per heavy atom. The normalized spacial score (nSPS) is 14.2. The smallest absolute Gasteiger partial charge is 0.308 e. The van der Waals surface area contributed by atoms with Gasteiger partial charge in [0.2, 0.25) is 0 Å². The molecule has 2 unspecified atom stereocenters. The van der Waals surface area contributed by atoms with Crippen LogP contribution in [0.2, 0.25) is 0 Å². The van der Waals surface area contributed by atoms with Gasteiger partial charge in [-0.15, -0.1) is 0 Å². The summed E-state index contributed by atoms with van der Waals surface area (Å²) in [6, 6.07) is 6.51. The van der Waals surface area contributed by atoms with Crippen molar-refractivity contribution in [2.75, 3.05) is 12.8 Å². The molecular formula is C11H15NO4. The third-order valence-corrected chi connectivity index (χ3v) is 2.22. The molecule has 0 aliphatic heterocycles. The number of hydrogen-bond donors (Lipinski definition) is 3. The molecule has 5 nitrogen and oxygen atoms in total. The fraction of sp³-hybridized carbons (Fsp3) is 0.364. The Hall–Kier alpha value is -1.59. The average molecular weight is 225 g/mol. The number of carbonyl (C=O) groups excluding carboxylic acids is 1. The van der Waals surface area contributed by atoms with Crippen LogP contribution in [0, 0.1) is 0 Å². The molecule has 1 aromatic carbocycles. The number of anilines is 1. The van der Waals surface area contributed by atoms with Gasteiger partial charge in [0.15, 0.2) is 0 Å². The Bertz CT molecular complexity index is 367. The molecule has 88 valence electrons. The summed E-state index contributed by atoms with van der Waals surface area (Å²) in [4.78, 5) is 10.9. The van der Waals surface area contributed by atoms with Gasteiger partial charge in [0.1, 0.15) is 6.10 Å². The first kappa shape index (κ1) is 12.5. The lowest BCUT2D eigenvalue weighted by atomic mass is 10.0. The van der Waals surface area contributed by atoms with E-state index in [1.807, 2.05) is 0 Å². The molecule has 5 heteroatoms. The van der Waals surface area contributed by atoms with Crippen LogP contribution in [0.15, 0.2) is 24.3 Å². The zero-order valence-electron chi connectivity index (χ0n) is 8.96. The van der Waals surface area contributed by atoms with E-state index in [1.54, 1.807) is 24.3 Å². The van der Waals surface area contributed by atoms with Crippen LogP contribution in [0.5, 0.6) is 0 Å². The highest BCUT2D eigenvalue weighted by atomic mass is 16.5. The highest BCUT2D eigenvalue weighted by Crippen LogP contribution is 2.20. The van der Waals surface area contributed by atoms with E-state index >= 15 is 0 Å². The molecule has 0 spiro atoms. The number of nitrogen functional groups attached to an aromatic ring is 1. The van der Waals surface area contributed by atoms with Crippen molar-refractivity contribution in [3.05, 3.63) is 29.8 Å². The van der Waals surface area contributed by atoms with E-state index in [0.29, 0.717) is 11.3 Å². The van der Waals surface area contributed by atoms with Gasteiger partial charge in [-0.1, -0.05) is 12.1 Å². The molecule has 0 saturated carbocycles. The van der Waals surface area contributed by atoms with Gasteiger partial charge in [0.25, 0.3) is 0 Å². The van der Waals surface area contributed by atoms with Gasteiger partial charge in [-0.25, -0.2) is 0 Å². The Morgan fingerprint density at radius 3 is 2.75 bits per heavy atom. The number of benzene rings is 1. The van der Waals surface area contributed by atoms with Gasteiger partial charge in [0.05, 0.1) is 19.6 Å². The highest BCUT2D eigenvalue weighted by molar-refractivity contribution is 5.69. The van der Waals surface area contributed by atoms with Crippen molar-refractivity contribution in [3.8, 4) is 0 Å². The molecule has 0 fully saturated rings. The van der Waals surface area contributed by atoms with E-state index in [1.165, 1.54) is 7.11 Å². The maximum atomic E-state index is 10.9. The van der Waals surface area contributed by atoms with Crippen LogP contribution < -0.4 is 5.73 Å². The van der Waals surface area contributed by atoms with E-state index in [4.69, 9.17) is 5.73 Å². The molecule has 0 saturated heterocycles. The van der Waals surface area contributed by atoms with E-state index in [-0.39, 0.29) is 6.42 Å². The molecule has 1 aromatic rings. The van der Waals surface area contributed by atoms with Crippen LogP contribution in [-0.2, 0) is 9.53 Å². The number of esters is 1. The van der Waals surface area contributed by atoms with Crippen molar-refractivity contribution in [2.45, 2.75) is 18.6 Å². The quantitative estimate of drug-likeness (QED) is 0.503. The second-order valence-electron chi connectivity index (χ2n) is 3.46. The Kier molecular flexibility index (Phi) is 4.28. The first-order valence-corrected chi connectivity index (χ1v) is 4.83. The number of aliphatic hydroxyl groups excluding tert-OH is 2. The Labute approximate surface area is 93.5 Å². The summed E-state index contributed by atoms with van der Waals surface area (Å²) in [6.07, 6.45) is -2.61. The third kappa shape index (κ3) is 3.22. The van der Waals surface area contributed by atoms with Crippen LogP contribution in [0.25, 0.3) is 0 Å². The summed E-state index contributed by atoms with van der Waals surface area (Å²) in [6.45, 7) is 0. The van der Waals surface area contributed by atoms with E-state index in [2.05, 4.69) is 4.74 Å². The zero-order chi connectivity index (χ0) is 12.1. The minimum atomic E-state index is -1.20. The van der Waals surface area contributed by atoms with Crippen LogP contribution in [0.4, 0.5) is 5.69 Å².